The summed E-state index contributed by atoms with van der Waals surface area (Å²) in [6.07, 6.45) is 2.92. The van der Waals surface area contributed by atoms with Crippen LogP contribution in [0, 0.1) is 5.82 Å². The van der Waals surface area contributed by atoms with Gasteiger partial charge < -0.3 is 10.2 Å². The molecule has 0 aromatic heterocycles. The van der Waals surface area contributed by atoms with E-state index in [9.17, 15) is 14.0 Å². The van der Waals surface area contributed by atoms with Crippen molar-refractivity contribution in [1.29, 1.82) is 0 Å². The normalized spacial score (nSPS) is 17.9. The fraction of sp³-hybridized carbons (Fsp3) is 0.333. The first-order valence-electron chi connectivity index (χ1n) is 6.55. The summed E-state index contributed by atoms with van der Waals surface area (Å²) >= 11 is 5.69. The van der Waals surface area contributed by atoms with E-state index >= 15 is 0 Å². The molecule has 0 atom stereocenters. The van der Waals surface area contributed by atoms with E-state index in [0.29, 0.717) is 18.7 Å². The van der Waals surface area contributed by atoms with E-state index < -0.39 is 11.4 Å². The second-order valence-electron chi connectivity index (χ2n) is 5.31. The Bertz CT molecular complexity index is 614. The highest BCUT2D eigenvalue weighted by Gasteiger charge is 2.39. The Hall–Kier alpha value is -1.88. The first kappa shape index (κ1) is 15.5. The van der Waals surface area contributed by atoms with E-state index in [1.54, 1.807) is 19.9 Å². The average molecular weight is 311 g/mol. The van der Waals surface area contributed by atoms with Crippen molar-refractivity contribution in [2.45, 2.75) is 19.4 Å². The molecule has 0 unspecified atom stereocenters. The van der Waals surface area contributed by atoms with Gasteiger partial charge in [0.1, 0.15) is 11.4 Å². The van der Waals surface area contributed by atoms with Crippen LogP contribution in [0.25, 0.3) is 6.08 Å². The zero-order chi connectivity index (χ0) is 15.6. The molecule has 2 rings (SSSR count). The lowest BCUT2D eigenvalue weighted by atomic mass is 9.98. The molecule has 4 nitrogen and oxygen atoms in total. The van der Waals surface area contributed by atoms with E-state index in [4.69, 9.17) is 11.6 Å². The molecule has 1 aromatic carbocycles. The largest absolute Gasteiger partial charge is 0.352 e. The Morgan fingerprint density at radius 2 is 2.19 bits per heavy atom. The van der Waals surface area contributed by atoms with E-state index in [1.165, 1.54) is 29.2 Å². The van der Waals surface area contributed by atoms with Crippen LogP contribution in [0.15, 0.2) is 24.3 Å². The SMILES string of the molecule is CC1(C)C(=O)NCCN1C(=O)C=Cc1ccc(F)c(Cl)c1. The number of carbonyl (C=O) groups is 2. The molecule has 1 aliphatic heterocycles. The van der Waals surface area contributed by atoms with Crippen LogP contribution in [0.5, 0.6) is 0 Å². The van der Waals surface area contributed by atoms with Crippen LogP contribution < -0.4 is 5.32 Å². The van der Waals surface area contributed by atoms with Crippen molar-refractivity contribution >= 4 is 29.5 Å². The molecule has 1 saturated heterocycles. The number of halogens is 2. The standard InChI is InChI=1S/C15H16ClFN2O2/c1-15(2)14(21)18-7-8-19(15)13(20)6-4-10-3-5-12(17)11(16)9-10/h3-6,9H,7-8H2,1-2H3,(H,18,21). The van der Waals surface area contributed by atoms with Gasteiger partial charge in [0, 0.05) is 19.2 Å². The van der Waals surface area contributed by atoms with Crippen molar-refractivity contribution in [3.63, 3.8) is 0 Å². The number of hydrogen-bond acceptors (Lipinski definition) is 2. The van der Waals surface area contributed by atoms with E-state index in [2.05, 4.69) is 5.32 Å². The second kappa shape index (κ2) is 5.85. The van der Waals surface area contributed by atoms with Crippen LogP contribution in [-0.4, -0.2) is 35.3 Å². The maximum absolute atomic E-state index is 13.1. The third kappa shape index (κ3) is 3.24. The fourth-order valence-electron chi connectivity index (χ4n) is 2.16. The van der Waals surface area contributed by atoms with Gasteiger partial charge in [0.2, 0.25) is 11.8 Å². The predicted octanol–water partition coefficient (Wildman–Crippen LogP) is 2.23. The van der Waals surface area contributed by atoms with Crippen molar-refractivity contribution in [2.24, 2.45) is 0 Å². The van der Waals surface area contributed by atoms with Crippen LogP contribution in [0.3, 0.4) is 0 Å². The average Bonchev–Trinajstić information content (AvgIpc) is 2.43. The molecule has 21 heavy (non-hydrogen) atoms. The molecule has 1 heterocycles. The molecule has 1 N–H and O–H groups in total. The smallest absolute Gasteiger partial charge is 0.247 e. The number of amides is 2. The molecule has 0 aliphatic carbocycles. The van der Waals surface area contributed by atoms with Crippen molar-refractivity contribution in [2.75, 3.05) is 13.1 Å². The molecule has 1 aliphatic rings. The Morgan fingerprint density at radius 3 is 2.86 bits per heavy atom. The van der Waals surface area contributed by atoms with Gasteiger partial charge in [-0.05, 0) is 37.6 Å². The van der Waals surface area contributed by atoms with E-state index in [0.717, 1.165) is 0 Å². The molecule has 0 saturated carbocycles. The third-order valence-electron chi connectivity index (χ3n) is 3.48. The Morgan fingerprint density at radius 1 is 1.48 bits per heavy atom. The van der Waals surface area contributed by atoms with Gasteiger partial charge in [-0.3, -0.25) is 9.59 Å². The van der Waals surface area contributed by atoms with Gasteiger partial charge in [0.05, 0.1) is 5.02 Å². The maximum atomic E-state index is 13.1. The lowest BCUT2D eigenvalue weighted by Crippen LogP contribution is -2.63. The van der Waals surface area contributed by atoms with Crippen LogP contribution in [0.2, 0.25) is 5.02 Å². The third-order valence-corrected chi connectivity index (χ3v) is 3.77. The highest BCUT2D eigenvalue weighted by atomic mass is 35.5. The van der Waals surface area contributed by atoms with Gasteiger partial charge in [-0.1, -0.05) is 17.7 Å². The maximum Gasteiger partial charge on any atom is 0.247 e. The summed E-state index contributed by atoms with van der Waals surface area (Å²) in [6, 6.07) is 4.21. The number of nitrogens with one attached hydrogen (secondary N) is 1. The fourth-order valence-corrected chi connectivity index (χ4v) is 2.35. The van der Waals surface area contributed by atoms with Gasteiger partial charge in [-0.2, -0.15) is 0 Å². The predicted molar refractivity (Wildman–Crippen MR) is 79.2 cm³/mol. The zero-order valence-electron chi connectivity index (χ0n) is 11.8. The summed E-state index contributed by atoms with van der Waals surface area (Å²) in [4.78, 5) is 25.5. The quantitative estimate of drug-likeness (QED) is 0.852. The minimum Gasteiger partial charge on any atom is -0.352 e. The van der Waals surface area contributed by atoms with Crippen LogP contribution >= 0.6 is 11.6 Å². The summed E-state index contributed by atoms with van der Waals surface area (Å²) in [5.41, 5.74) is -0.269. The number of carbonyl (C=O) groups excluding carboxylic acids is 2. The highest BCUT2D eigenvalue weighted by Crippen LogP contribution is 2.20. The topological polar surface area (TPSA) is 49.4 Å². The summed E-state index contributed by atoms with van der Waals surface area (Å²) in [6.45, 7) is 4.28. The molecule has 112 valence electrons. The monoisotopic (exact) mass is 310 g/mol. The van der Waals surface area contributed by atoms with Crippen molar-refractivity contribution in [3.05, 3.63) is 40.7 Å². The molecule has 0 bridgehead atoms. The highest BCUT2D eigenvalue weighted by molar-refractivity contribution is 6.30. The van der Waals surface area contributed by atoms with Gasteiger partial charge in [-0.25, -0.2) is 4.39 Å². The van der Waals surface area contributed by atoms with Crippen LogP contribution in [0.1, 0.15) is 19.4 Å². The number of nitrogens with zero attached hydrogens (tertiary/aromatic N) is 1. The molecule has 2 amide bonds. The molecule has 0 spiro atoms. The van der Waals surface area contributed by atoms with Crippen molar-refractivity contribution in [1.82, 2.24) is 10.2 Å². The molecule has 0 radical (unpaired) electrons. The first-order valence-corrected chi connectivity index (χ1v) is 6.93. The van der Waals surface area contributed by atoms with Gasteiger partial charge in [0.25, 0.3) is 0 Å². The molecular formula is C15H16ClFN2O2. The van der Waals surface area contributed by atoms with E-state index in [1.807, 2.05) is 0 Å². The Balaban J connectivity index is 2.15. The minimum atomic E-state index is -0.889. The van der Waals surface area contributed by atoms with Crippen LogP contribution in [0.4, 0.5) is 4.39 Å². The summed E-state index contributed by atoms with van der Waals surface area (Å²) in [5.74, 6) is -0.954. The summed E-state index contributed by atoms with van der Waals surface area (Å²) < 4.78 is 13.1. The van der Waals surface area contributed by atoms with Gasteiger partial charge in [0.15, 0.2) is 0 Å². The first-order chi connectivity index (χ1) is 9.82. The Kier molecular flexibility index (Phi) is 4.32. The number of piperazine rings is 1. The number of rotatable bonds is 2. The van der Waals surface area contributed by atoms with Crippen molar-refractivity contribution < 1.29 is 14.0 Å². The Labute approximate surface area is 127 Å². The second-order valence-corrected chi connectivity index (χ2v) is 5.72. The van der Waals surface area contributed by atoms with Gasteiger partial charge >= 0.3 is 0 Å². The molecule has 1 aromatic rings. The lowest BCUT2D eigenvalue weighted by Gasteiger charge is -2.40. The molecule has 1 fully saturated rings. The lowest BCUT2D eigenvalue weighted by molar-refractivity contribution is -0.146. The number of hydrogen-bond donors (Lipinski definition) is 1. The van der Waals surface area contributed by atoms with Crippen molar-refractivity contribution in [3.8, 4) is 0 Å². The molecular weight excluding hydrogens is 295 g/mol. The minimum absolute atomic E-state index is 0.00211. The van der Waals surface area contributed by atoms with Crippen LogP contribution in [-0.2, 0) is 9.59 Å². The zero-order valence-corrected chi connectivity index (χ0v) is 12.6. The summed E-state index contributed by atoms with van der Waals surface area (Å²) in [7, 11) is 0. The number of benzene rings is 1. The summed E-state index contributed by atoms with van der Waals surface area (Å²) in [5, 5.41) is 2.73. The van der Waals surface area contributed by atoms with E-state index in [-0.39, 0.29) is 16.8 Å². The molecule has 6 heteroatoms. The van der Waals surface area contributed by atoms with Gasteiger partial charge in [-0.15, -0.1) is 0 Å².